The minimum atomic E-state index is 0. The Hall–Kier alpha value is -1.44. The Morgan fingerprint density at radius 2 is 0.957 bits per heavy atom. The van der Waals surface area contributed by atoms with E-state index in [1.807, 2.05) is 12.1 Å². The minimum Gasteiger partial charge on any atom is -0.358 e. The quantitative estimate of drug-likeness (QED) is 0.505. The number of benzene rings is 3. The van der Waals surface area contributed by atoms with Gasteiger partial charge in [0.25, 0.3) is 0 Å². The molecule has 0 bridgehead atoms. The predicted octanol–water partition coefficient (Wildman–Crippen LogP) is 6.02. The summed E-state index contributed by atoms with van der Waals surface area (Å²) in [5.41, 5.74) is 6.00. The third-order valence-corrected chi connectivity index (χ3v) is 3.54. The SMILES string of the molecule is Cc1ccc(N(c2cc[c-]cc2)c2ccc(C)cc2)cc1.[CH3-].[Y]. The van der Waals surface area contributed by atoms with Crippen LogP contribution in [0.15, 0.2) is 72.8 Å². The monoisotopic (exact) mass is 376 g/mol. The third-order valence-electron chi connectivity index (χ3n) is 3.54. The fraction of sp³-hybridized carbons (Fsp3) is 0.0952. The smallest absolute Gasteiger partial charge is 0.0438 e. The second-order valence-electron chi connectivity index (χ2n) is 5.26. The molecule has 0 N–H and O–H groups in total. The van der Waals surface area contributed by atoms with Crippen molar-refractivity contribution in [2.75, 3.05) is 4.90 Å². The fourth-order valence-corrected chi connectivity index (χ4v) is 2.36. The maximum Gasteiger partial charge on any atom is 0.0438 e. The Balaban J connectivity index is 0.00000132. The molecule has 0 fully saturated rings. The summed E-state index contributed by atoms with van der Waals surface area (Å²) in [6, 6.07) is 28.4. The van der Waals surface area contributed by atoms with Crippen molar-refractivity contribution < 1.29 is 32.7 Å². The molecule has 0 aliphatic carbocycles. The van der Waals surface area contributed by atoms with Gasteiger partial charge in [-0.1, -0.05) is 41.1 Å². The van der Waals surface area contributed by atoms with Gasteiger partial charge in [0.15, 0.2) is 0 Å². The number of rotatable bonds is 3. The maximum atomic E-state index is 3.08. The van der Waals surface area contributed by atoms with Crippen molar-refractivity contribution in [3.8, 4) is 0 Å². The van der Waals surface area contributed by atoms with Gasteiger partial charge < -0.3 is 12.3 Å². The molecular weight excluding hydrogens is 355 g/mol. The molecule has 0 saturated carbocycles. The molecule has 3 aromatic carbocycles. The second kappa shape index (κ2) is 9.01. The molecule has 1 nitrogen and oxygen atoms in total. The zero-order chi connectivity index (χ0) is 14.7. The number of anilines is 3. The Morgan fingerprint density at radius 3 is 1.35 bits per heavy atom. The van der Waals surface area contributed by atoms with Gasteiger partial charge >= 0.3 is 0 Å². The zero-order valence-electron chi connectivity index (χ0n) is 14.0. The summed E-state index contributed by atoms with van der Waals surface area (Å²) in [6.07, 6.45) is 0. The van der Waals surface area contributed by atoms with Gasteiger partial charge in [-0.25, -0.2) is 0 Å². The number of hydrogen-bond donors (Lipinski definition) is 0. The molecule has 23 heavy (non-hydrogen) atoms. The molecule has 0 spiro atoms. The van der Waals surface area contributed by atoms with Crippen LogP contribution in [0.25, 0.3) is 0 Å². The molecule has 3 aromatic rings. The van der Waals surface area contributed by atoms with Crippen molar-refractivity contribution in [2.45, 2.75) is 13.8 Å². The van der Waals surface area contributed by atoms with Crippen molar-refractivity contribution >= 4 is 17.1 Å². The van der Waals surface area contributed by atoms with Gasteiger partial charge in [0.2, 0.25) is 0 Å². The number of aryl methyl sites for hydroxylation is 2. The zero-order valence-corrected chi connectivity index (χ0v) is 16.8. The van der Waals surface area contributed by atoms with E-state index in [0.29, 0.717) is 0 Å². The van der Waals surface area contributed by atoms with Gasteiger partial charge in [0.05, 0.1) is 0 Å². The van der Waals surface area contributed by atoms with Crippen LogP contribution >= 0.6 is 0 Å². The van der Waals surface area contributed by atoms with E-state index in [9.17, 15) is 0 Å². The maximum absolute atomic E-state index is 3.08. The van der Waals surface area contributed by atoms with Gasteiger partial charge in [-0.2, -0.15) is 18.2 Å². The fourth-order valence-electron chi connectivity index (χ4n) is 2.36. The van der Waals surface area contributed by atoms with Crippen molar-refractivity contribution in [1.29, 1.82) is 0 Å². The summed E-state index contributed by atoms with van der Waals surface area (Å²) in [6.45, 7) is 4.22. The summed E-state index contributed by atoms with van der Waals surface area (Å²) >= 11 is 0. The summed E-state index contributed by atoms with van der Waals surface area (Å²) in [5, 5.41) is 0. The Kier molecular flexibility index (Phi) is 7.68. The Bertz CT molecular complexity index is 658. The number of hydrogen-bond acceptors (Lipinski definition) is 1. The molecular formula is C21H21NY-2. The molecule has 0 aliphatic rings. The molecule has 1 radical (unpaired) electrons. The van der Waals surface area contributed by atoms with Crippen molar-refractivity contribution in [1.82, 2.24) is 0 Å². The normalized spacial score (nSPS) is 9.48. The molecule has 0 atom stereocenters. The molecule has 0 saturated heterocycles. The Labute approximate surface area is 165 Å². The summed E-state index contributed by atoms with van der Waals surface area (Å²) in [5.74, 6) is 0. The van der Waals surface area contributed by atoms with Crippen LogP contribution in [0.1, 0.15) is 11.1 Å². The molecule has 0 unspecified atom stereocenters. The van der Waals surface area contributed by atoms with E-state index in [4.69, 9.17) is 0 Å². The first-order chi connectivity index (χ1) is 10.2. The largest absolute Gasteiger partial charge is 0.358 e. The third kappa shape index (κ3) is 4.77. The standard InChI is InChI=1S/C20H18N.CH3.Y/c1-16-8-12-19(13-9-16)21(18-6-4-3-5-7-18)20-14-10-17(2)11-15-20;;/h4-15H,1-2H3;1H3;/q2*-1;. The van der Waals surface area contributed by atoms with Crippen molar-refractivity contribution in [3.63, 3.8) is 0 Å². The van der Waals surface area contributed by atoms with Crippen molar-refractivity contribution in [3.05, 3.63) is 97.4 Å². The van der Waals surface area contributed by atoms with Crippen LogP contribution in [-0.2, 0) is 32.7 Å². The molecule has 0 heterocycles. The summed E-state index contributed by atoms with van der Waals surface area (Å²) in [4.78, 5) is 2.26. The van der Waals surface area contributed by atoms with E-state index < -0.39 is 0 Å². The van der Waals surface area contributed by atoms with Crippen LogP contribution in [-0.4, -0.2) is 0 Å². The van der Waals surface area contributed by atoms with Gasteiger partial charge in [-0.3, -0.25) is 0 Å². The molecule has 2 heteroatoms. The van der Waals surface area contributed by atoms with Crippen LogP contribution in [0.2, 0.25) is 0 Å². The first-order valence-electron chi connectivity index (χ1n) is 7.13. The molecule has 0 aliphatic heterocycles. The van der Waals surface area contributed by atoms with Gasteiger partial charge in [0, 0.05) is 44.1 Å². The molecule has 0 aromatic heterocycles. The first kappa shape index (κ1) is 19.6. The van der Waals surface area contributed by atoms with E-state index in [0.717, 1.165) is 17.1 Å². The summed E-state index contributed by atoms with van der Waals surface area (Å²) in [7, 11) is 0. The first-order valence-corrected chi connectivity index (χ1v) is 7.13. The van der Waals surface area contributed by atoms with Crippen molar-refractivity contribution in [2.24, 2.45) is 0 Å². The summed E-state index contributed by atoms with van der Waals surface area (Å²) < 4.78 is 0. The predicted molar refractivity (Wildman–Crippen MR) is 95.8 cm³/mol. The molecule has 0 amide bonds. The van der Waals surface area contributed by atoms with Crippen LogP contribution in [0.3, 0.4) is 0 Å². The van der Waals surface area contributed by atoms with E-state index >= 15 is 0 Å². The average molecular weight is 376 g/mol. The average Bonchev–Trinajstić information content (AvgIpc) is 2.52. The second-order valence-corrected chi connectivity index (χ2v) is 5.26. The topological polar surface area (TPSA) is 3.24 Å². The minimum absolute atomic E-state index is 0. The molecule has 115 valence electrons. The van der Waals surface area contributed by atoms with Crippen LogP contribution in [0.4, 0.5) is 17.1 Å². The van der Waals surface area contributed by atoms with Crippen LogP contribution in [0, 0.1) is 27.3 Å². The van der Waals surface area contributed by atoms with E-state index in [1.54, 1.807) is 0 Å². The van der Waals surface area contributed by atoms with Crippen LogP contribution in [0.5, 0.6) is 0 Å². The van der Waals surface area contributed by atoms with E-state index in [2.05, 4.69) is 85.5 Å². The van der Waals surface area contributed by atoms with Gasteiger partial charge in [-0.05, 0) is 38.1 Å². The van der Waals surface area contributed by atoms with E-state index in [1.165, 1.54) is 11.1 Å². The van der Waals surface area contributed by atoms with E-state index in [-0.39, 0.29) is 40.1 Å². The van der Waals surface area contributed by atoms with Gasteiger partial charge in [0.1, 0.15) is 0 Å². The molecule has 3 rings (SSSR count). The van der Waals surface area contributed by atoms with Crippen LogP contribution < -0.4 is 4.90 Å². The van der Waals surface area contributed by atoms with Gasteiger partial charge in [-0.15, -0.1) is 12.1 Å². The Morgan fingerprint density at radius 1 is 0.609 bits per heavy atom. The number of nitrogens with zero attached hydrogens (tertiary/aromatic N) is 1.